The number of hydrogen-bond acceptors (Lipinski definition) is 5. The Bertz CT molecular complexity index is 1120. The predicted molar refractivity (Wildman–Crippen MR) is 114 cm³/mol. The van der Waals surface area contributed by atoms with Gasteiger partial charge in [-0.25, -0.2) is 9.97 Å². The van der Waals surface area contributed by atoms with Crippen LogP contribution in [0.4, 0.5) is 5.82 Å². The normalized spacial score (nSPS) is 20.2. The molecule has 1 unspecified atom stereocenters. The number of nitrogens with zero attached hydrogens (tertiary/aromatic N) is 5. The molecule has 3 aromatic rings. The van der Waals surface area contributed by atoms with Crippen molar-refractivity contribution in [2.75, 3.05) is 24.5 Å². The second-order valence-electron chi connectivity index (χ2n) is 8.67. The Kier molecular flexibility index (Phi) is 4.43. The third-order valence-electron chi connectivity index (χ3n) is 6.40. The summed E-state index contributed by atoms with van der Waals surface area (Å²) >= 11 is 0. The number of aromatic amines is 1. The number of anilines is 1. The first kappa shape index (κ1) is 18.6. The van der Waals surface area contributed by atoms with Crippen molar-refractivity contribution in [3.05, 3.63) is 54.0 Å². The molecule has 7 nitrogen and oxygen atoms in total. The highest BCUT2D eigenvalue weighted by Crippen LogP contribution is 2.49. The van der Waals surface area contributed by atoms with Crippen LogP contribution in [0.3, 0.4) is 0 Å². The predicted octanol–water partition coefficient (Wildman–Crippen LogP) is 2.89. The van der Waals surface area contributed by atoms with Crippen LogP contribution in [0, 0.1) is 16.7 Å². The van der Waals surface area contributed by atoms with E-state index in [1.54, 1.807) is 18.5 Å². The van der Waals surface area contributed by atoms with Crippen LogP contribution >= 0.6 is 0 Å². The lowest BCUT2D eigenvalue weighted by Gasteiger charge is -2.30. The van der Waals surface area contributed by atoms with E-state index in [-0.39, 0.29) is 17.4 Å². The van der Waals surface area contributed by atoms with E-state index in [0.717, 1.165) is 54.9 Å². The molecule has 1 saturated heterocycles. The fourth-order valence-electron chi connectivity index (χ4n) is 4.53. The molecule has 0 bridgehead atoms. The zero-order valence-corrected chi connectivity index (χ0v) is 17.0. The highest BCUT2D eigenvalue weighted by molar-refractivity contribution is 5.87. The number of aromatic nitrogens is 3. The minimum absolute atomic E-state index is 0.0832. The molecule has 2 aliphatic rings. The summed E-state index contributed by atoms with van der Waals surface area (Å²) in [6.45, 7) is 4.58. The van der Waals surface area contributed by atoms with Crippen molar-refractivity contribution in [2.24, 2.45) is 5.41 Å². The van der Waals surface area contributed by atoms with Gasteiger partial charge in [0, 0.05) is 37.3 Å². The molecule has 1 aliphatic carbocycles. The van der Waals surface area contributed by atoms with Crippen molar-refractivity contribution in [1.29, 1.82) is 5.26 Å². The standard InChI is InChI=1S/C23H24N6O/c1-16-12-28(22-19-6-9-25-21(19)26-15-27-22)13-23(7-8-23)14-29(16)20(30)10-17-2-4-18(11-24)5-3-17/h2-6,9,15-16H,7-8,10,12-14H2,1H3,(H,25,26,27). The number of H-pyrrole nitrogens is 1. The van der Waals surface area contributed by atoms with E-state index in [9.17, 15) is 4.79 Å². The zero-order chi connectivity index (χ0) is 20.7. The molecule has 1 atom stereocenters. The third kappa shape index (κ3) is 3.39. The Morgan fingerprint density at radius 2 is 2.03 bits per heavy atom. The van der Waals surface area contributed by atoms with Crippen molar-refractivity contribution >= 4 is 22.8 Å². The van der Waals surface area contributed by atoms with Crippen molar-refractivity contribution in [1.82, 2.24) is 19.9 Å². The third-order valence-corrected chi connectivity index (χ3v) is 6.40. The minimum Gasteiger partial charge on any atom is -0.353 e. The van der Waals surface area contributed by atoms with Crippen LogP contribution in [0.2, 0.25) is 0 Å². The van der Waals surface area contributed by atoms with Crippen molar-refractivity contribution < 1.29 is 4.79 Å². The number of nitriles is 1. The Morgan fingerprint density at radius 3 is 2.77 bits per heavy atom. The van der Waals surface area contributed by atoms with Gasteiger partial charge in [0.05, 0.1) is 23.4 Å². The summed E-state index contributed by atoms with van der Waals surface area (Å²) < 4.78 is 0. The van der Waals surface area contributed by atoms with E-state index >= 15 is 0 Å². The van der Waals surface area contributed by atoms with Gasteiger partial charge in [-0.1, -0.05) is 12.1 Å². The molecule has 0 radical (unpaired) electrons. The average molecular weight is 400 g/mol. The Balaban J connectivity index is 1.38. The first-order valence-electron chi connectivity index (χ1n) is 10.4. The summed E-state index contributed by atoms with van der Waals surface area (Å²) in [4.78, 5) is 29.7. The van der Waals surface area contributed by atoms with Gasteiger partial charge in [0.15, 0.2) is 0 Å². The van der Waals surface area contributed by atoms with E-state index in [1.807, 2.05) is 24.4 Å². The lowest BCUT2D eigenvalue weighted by molar-refractivity contribution is -0.132. The van der Waals surface area contributed by atoms with Gasteiger partial charge in [-0.2, -0.15) is 5.26 Å². The number of carbonyl (C=O) groups excluding carboxylic acids is 1. The summed E-state index contributed by atoms with van der Waals surface area (Å²) in [5.41, 5.74) is 2.55. The lowest BCUT2D eigenvalue weighted by Crippen LogP contribution is -2.44. The van der Waals surface area contributed by atoms with Crippen LogP contribution in [0.5, 0.6) is 0 Å². The number of fused-ring (bicyclic) bond motifs is 1. The van der Waals surface area contributed by atoms with Crippen LogP contribution in [-0.4, -0.2) is 51.4 Å². The summed E-state index contributed by atoms with van der Waals surface area (Å²) in [5, 5.41) is 10.0. The van der Waals surface area contributed by atoms with Crippen molar-refractivity contribution in [2.45, 2.75) is 32.2 Å². The molecule has 2 aromatic heterocycles. The topological polar surface area (TPSA) is 88.9 Å². The summed E-state index contributed by atoms with van der Waals surface area (Å²) in [5.74, 6) is 1.09. The zero-order valence-electron chi connectivity index (χ0n) is 17.0. The number of nitrogens with one attached hydrogen (secondary N) is 1. The van der Waals surface area contributed by atoms with Crippen LogP contribution in [0.1, 0.15) is 30.9 Å². The van der Waals surface area contributed by atoms with E-state index in [4.69, 9.17) is 5.26 Å². The number of rotatable bonds is 3. The molecule has 1 aliphatic heterocycles. The molecule has 1 N–H and O–H groups in total. The first-order valence-corrected chi connectivity index (χ1v) is 10.4. The first-order chi connectivity index (χ1) is 14.6. The Morgan fingerprint density at radius 1 is 1.23 bits per heavy atom. The second kappa shape index (κ2) is 7.13. The molecule has 3 heterocycles. The van der Waals surface area contributed by atoms with Crippen LogP contribution in [0.15, 0.2) is 42.9 Å². The molecule has 1 spiro atoms. The number of carbonyl (C=O) groups is 1. The quantitative estimate of drug-likeness (QED) is 0.730. The second-order valence-corrected chi connectivity index (χ2v) is 8.67. The van der Waals surface area contributed by atoms with Gasteiger partial charge in [0.1, 0.15) is 17.8 Å². The molecular formula is C23H24N6O. The summed E-state index contributed by atoms with van der Waals surface area (Å²) in [6, 6.07) is 11.5. The van der Waals surface area contributed by atoms with Gasteiger partial charge >= 0.3 is 0 Å². The lowest BCUT2D eigenvalue weighted by atomic mass is 10.0. The van der Waals surface area contributed by atoms with E-state index in [1.165, 1.54) is 0 Å². The molecule has 1 saturated carbocycles. The molecule has 152 valence electrons. The van der Waals surface area contributed by atoms with E-state index in [0.29, 0.717) is 12.0 Å². The monoisotopic (exact) mass is 400 g/mol. The van der Waals surface area contributed by atoms with Crippen molar-refractivity contribution in [3.63, 3.8) is 0 Å². The molecule has 1 aromatic carbocycles. The maximum atomic E-state index is 13.2. The van der Waals surface area contributed by atoms with Gasteiger partial charge in [0.2, 0.25) is 5.91 Å². The number of hydrogen-bond donors (Lipinski definition) is 1. The van der Waals surface area contributed by atoms with Gasteiger partial charge in [-0.3, -0.25) is 4.79 Å². The average Bonchev–Trinajstić information content (AvgIpc) is 3.38. The Hall–Kier alpha value is -3.40. The van der Waals surface area contributed by atoms with Crippen LogP contribution in [-0.2, 0) is 11.2 Å². The molecular weight excluding hydrogens is 376 g/mol. The highest BCUT2D eigenvalue weighted by Gasteiger charge is 2.49. The molecule has 2 fully saturated rings. The van der Waals surface area contributed by atoms with Gasteiger partial charge in [0.25, 0.3) is 0 Å². The van der Waals surface area contributed by atoms with Gasteiger partial charge in [-0.15, -0.1) is 0 Å². The SMILES string of the molecule is CC1CN(c2ncnc3[nH]ccc23)CC2(CC2)CN1C(=O)Cc1ccc(C#N)cc1. The fraction of sp³-hybridized carbons (Fsp3) is 0.391. The van der Waals surface area contributed by atoms with Crippen LogP contribution in [0.25, 0.3) is 11.0 Å². The Labute approximate surface area is 175 Å². The fourth-order valence-corrected chi connectivity index (χ4v) is 4.53. The van der Waals surface area contributed by atoms with Gasteiger partial charge in [-0.05, 0) is 43.5 Å². The largest absolute Gasteiger partial charge is 0.353 e. The van der Waals surface area contributed by atoms with Crippen molar-refractivity contribution in [3.8, 4) is 6.07 Å². The van der Waals surface area contributed by atoms with E-state index < -0.39 is 0 Å². The highest BCUT2D eigenvalue weighted by atomic mass is 16.2. The summed E-state index contributed by atoms with van der Waals surface area (Å²) in [6.07, 6.45) is 6.14. The molecule has 30 heavy (non-hydrogen) atoms. The molecule has 1 amide bonds. The number of amides is 1. The molecule has 7 heteroatoms. The van der Waals surface area contributed by atoms with Crippen LogP contribution < -0.4 is 4.90 Å². The maximum absolute atomic E-state index is 13.2. The van der Waals surface area contributed by atoms with Gasteiger partial charge < -0.3 is 14.8 Å². The molecule has 5 rings (SSSR count). The summed E-state index contributed by atoms with van der Waals surface area (Å²) in [7, 11) is 0. The van der Waals surface area contributed by atoms with E-state index in [2.05, 4.69) is 37.7 Å². The minimum atomic E-state index is 0.0832. The number of benzene rings is 1. The smallest absolute Gasteiger partial charge is 0.227 e. The maximum Gasteiger partial charge on any atom is 0.227 e.